The van der Waals surface area contributed by atoms with Crippen LogP contribution in [0, 0.1) is 5.82 Å². The lowest BCUT2D eigenvalue weighted by molar-refractivity contribution is 0.362. The largest absolute Gasteiger partial charge is 0.356 e. The monoisotopic (exact) mass is 353 g/mol. The fourth-order valence-electron chi connectivity index (χ4n) is 2.90. The van der Waals surface area contributed by atoms with E-state index in [1.165, 1.54) is 12.1 Å². The average Bonchev–Trinajstić information content (AvgIpc) is 3.20. The van der Waals surface area contributed by atoms with Crippen molar-refractivity contribution in [3.05, 3.63) is 40.8 Å². The highest BCUT2D eigenvalue weighted by Crippen LogP contribution is 2.36. The van der Waals surface area contributed by atoms with Crippen LogP contribution in [0.25, 0.3) is 11.3 Å². The van der Waals surface area contributed by atoms with E-state index in [1.54, 1.807) is 30.9 Å². The molecule has 0 amide bonds. The van der Waals surface area contributed by atoms with Crippen LogP contribution in [-0.2, 0) is 0 Å². The van der Waals surface area contributed by atoms with Gasteiger partial charge in [0.25, 0.3) is 0 Å². The molecule has 0 N–H and O–H groups in total. The number of thioether (sulfide) groups is 1. The molecule has 2 aromatic rings. The van der Waals surface area contributed by atoms with Crippen molar-refractivity contribution >= 4 is 28.5 Å². The smallest absolute Gasteiger partial charge is 0.170 e. The Balaban J connectivity index is 1.91. The predicted octanol–water partition coefficient (Wildman–Crippen LogP) is 4.62. The second-order valence-electron chi connectivity index (χ2n) is 5.30. The van der Waals surface area contributed by atoms with Gasteiger partial charge in [-0.3, -0.25) is 4.99 Å². The van der Waals surface area contributed by atoms with Gasteiger partial charge in [-0.2, -0.15) is 0 Å². The molecule has 0 bridgehead atoms. The topological polar surface area (TPSA) is 41.6 Å². The highest BCUT2D eigenvalue weighted by Gasteiger charge is 2.31. The lowest BCUT2D eigenvalue weighted by Crippen LogP contribution is -2.28. The van der Waals surface area contributed by atoms with E-state index in [0.29, 0.717) is 16.3 Å². The number of hydrogen-bond acceptors (Lipinski definition) is 4. The number of hydrogen-bond donors (Lipinski definition) is 0. The number of amidine groups is 1. The maximum absolute atomic E-state index is 14.0. The van der Waals surface area contributed by atoms with Crippen LogP contribution in [-0.4, -0.2) is 35.1 Å². The van der Waals surface area contributed by atoms with Crippen LogP contribution >= 0.6 is 23.4 Å². The molecular formula is C16H17ClFN3OS. The first-order chi connectivity index (χ1) is 11.1. The molecule has 3 rings (SSSR count). The molecule has 0 saturated carbocycles. The highest BCUT2D eigenvalue weighted by atomic mass is 35.5. The second kappa shape index (κ2) is 6.93. The normalized spacial score (nSPS) is 18.7. The summed E-state index contributed by atoms with van der Waals surface area (Å²) in [7, 11) is 1.79. The van der Waals surface area contributed by atoms with Crippen molar-refractivity contribution < 1.29 is 8.91 Å². The summed E-state index contributed by atoms with van der Waals surface area (Å²) in [6, 6.07) is 6.30. The zero-order valence-corrected chi connectivity index (χ0v) is 14.5. The molecule has 0 radical (unpaired) electrons. The van der Waals surface area contributed by atoms with E-state index in [2.05, 4.69) is 15.0 Å². The van der Waals surface area contributed by atoms with Crippen molar-refractivity contribution in [1.82, 2.24) is 10.1 Å². The van der Waals surface area contributed by atoms with Crippen molar-refractivity contribution in [2.24, 2.45) is 4.99 Å². The minimum absolute atomic E-state index is 0.112. The van der Waals surface area contributed by atoms with E-state index in [9.17, 15) is 4.39 Å². The van der Waals surface area contributed by atoms with Crippen LogP contribution in [0.1, 0.15) is 24.6 Å². The van der Waals surface area contributed by atoms with Crippen LogP contribution in [0.5, 0.6) is 0 Å². The summed E-state index contributed by atoms with van der Waals surface area (Å²) >= 11 is 7.56. The van der Waals surface area contributed by atoms with E-state index in [4.69, 9.17) is 16.1 Å². The van der Waals surface area contributed by atoms with Crippen LogP contribution in [0.4, 0.5) is 4.39 Å². The Kier molecular flexibility index (Phi) is 4.92. The van der Waals surface area contributed by atoms with Crippen molar-refractivity contribution in [2.75, 3.05) is 19.8 Å². The third-order valence-corrected chi connectivity index (χ3v) is 4.95. The fraction of sp³-hybridized carbons (Fsp3) is 0.375. The summed E-state index contributed by atoms with van der Waals surface area (Å²) in [6.07, 6.45) is 4.05. The van der Waals surface area contributed by atoms with Gasteiger partial charge in [-0.15, -0.1) is 0 Å². The molecule has 1 atom stereocenters. The average molecular weight is 354 g/mol. The third kappa shape index (κ3) is 3.23. The van der Waals surface area contributed by atoms with Crippen molar-refractivity contribution in [1.29, 1.82) is 0 Å². The Morgan fingerprint density at radius 1 is 1.48 bits per heavy atom. The zero-order valence-electron chi connectivity index (χ0n) is 12.9. The SMILES string of the molecule is CN=C(SC)N1CCC[C@@H]1c1cc(-c2cc(Cl)ccc2F)on1. The number of rotatable bonds is 2. The number of aromatic nitrogens is 1. The van der Waals surface area contributed by atoms with Gasteiger partial charge in [0.05, 0.1) is 11.6 Å². The Morgan fingerprint density at radius 3 is 3.04 bits per heavy atom. The first-order valence-corrected chi connectivity index (χ1v) is 8.93. The second-order valence-corrected chi connectivity index (χ2v) is 6.51. The number of likely N-dealkylation sites (tertiary alicyclic amines) is 1. The van der Waals surface area contributed by atoms with Crippen molar-refractivity contribution in [2.45, 2.75) is 18.9 Å². The molecule has 23 heavy (non-hydrogen) atoms. The number of benzene rings is 1. The summed E-state index contributed by atoms with van der Waals surface area (Å²) in [5.74, 6) is 0.0197. The first-order valence-electron chi connectivity index (χ1n) is 7.33. The molecular weight excluding hydrogens is 337 g/mol. The molecule has 1 aromatic heterocycles. The van der Waals surface area contributed by atoms with Gasteiger partial charge in [0, 0.05) is 24.7 Å². The number of nitrogens with zero attached hydrogens (tertiary/aromatic N) is 3. The van der Waals surface area contributed by atoms with Gasteiger partial charge in [0.1, 0.15) is 11.5 Å². The summed E-state index contributed by atoms with van der Waals surface area (Å²) < 4.78 is 19.3. The Labute approximate surface area is 143 Å². The molecule has 2 heterocycles. The lowest BCUT2D eigenvalue weighted by Gasteiger charge is -2.24. The van der Waals surface area contributed by atoms with E-state index < -0.39 is 0 Å². The summed E-state index contributed by atoms with van der Waals surface area (Å²) in [5.41, 5.74) is 1.13. The number of aliphatic imine (C=N–C) groups is 1. The zero-order chi connectivity index (χ0) is 16.4. The minimum Gasteiger partial charge on any atom is -0.356 e. The molecule has 1 fully saturated rings. The third-order valence-electron chi connectivity index (χ3n) is 3.94. The highest BCUT2D eigenvalue weighted by molar-refractivity contribution is 8.13. The van der Waals surface area contributed by atoms with E-state index in [1.807, 2.05) is 6.26 Å². The molecule has 7 heteroatoms. The molecule has 1 aromatic carbocycles. The molecule has 0 spiro atoms. The van der Waals surface area contributed by atoms with E-state index in [0.717, 1.165) is 30.2 Å². The Hall–Kier alpha value is -1.53. The summed E-state index contributed by atoms with van der Waals surface area (Å²) in [6.45, 7) is 0.936. The van der Waals surface area contributed by atoms with Crippen LogP contribution in [0.3, 0.4) is 0 Å². The quantitative estimate of drug-likeness (QED) is 0.583. The molecule has 0 aliphatic carbocycles. The fourth-order valence-corrected chi connectivity index (χ4v) is 3.71. The Bertz CT molecular complexity index is 734. The van der Waals surface area contributed by atoms with Gasteiger partial charge in [-0.25, -0.2) is 4.39 Å². The van der Waals surface area contributed by atoms with Crippen LogP contribution in [0.2, 0.25) is 5.02 Å². The van der Waals surface area contributed by atoms with E-state index in [-0.39, 0.29) is 11.9 Å². The van der Waals surface area contributed by atoms with Gasteiger partial charge in [0.2, 0.25) is 0 Å². The van der Waals surface area contributed by atoms with Gasteiger partial charge < -0.3 is 9.42 Å². The molecule has 1 aliphatic heterocycles. The van der Waals surface area contributed by atoms with Crippen molar-refractivity contribution in [3.8, 4) is 11.3 Å². The predicted molar refractivity (Wildman–Crippen MR) is 92.5 cm³/mol. The maximum atomic E-state index is 14.0. The summed E-state index contributed by atoms with van der Waals surface area (Å²) in [4.78, 5) is 6.55. The molecule has 4 nitrogen and oxygen atoms in total. The van der Waals surface area contributed by atoms with Crippen LogP contribution in [0.15, 0.2) is 33.8 Å². The lowest BCUT2D eigenvalue weighted by atomic mass is 10.1. The van der Waals surface area contributed by atoms with Gasteiger partial charge in [0.15, 0.2) is 10.9 Å². The molecule has 1 aliphatic rings. The standard InChI is InChI=1S/C16H17ClFN3OS/c1-19-16(23-2)21-7-3-4-14(21)13-9-15(22-20-13)11-8-10(17)5-6-12(11)18/h5-6,8-9,14H,3-4,7H2,1-2H3/t14-/m1/s1. The van der Waals surface area contributed by atoms with Gasteiger partial charge in [-0.1, -0.05) is 28.5 Å². The van der Waals surface area contributed by atoms with Gasteiger partial charge >= 0.3 is 0 Å². The Morgan fingerprint density at radius 2 is 2.30 bits per heavy atom. The molecule has 122 valence electrons. The minimum atomic E-state index is -0.375. The number of halogens is 2. The summed E-state index contributed by atoms with van der Waals surface area (Å²) in [5, 5.41) is 5.60. The van der Waals surface area contributed by atoms with Crippen molar-refractivity contribution in [3.63, 3.8) is 0 Å². The first kappa shape index (κ1) is 16.3. The molecule has 1 saturated heterocycles. The molecule has 0 unspecified atom stereocenters. The van der Waals surface area contributed by atoms with E-state index >= 15 is 0 Å². The maximum Gasteiger partial charge on any atom is 0.170 e. The van der Waals surface area contributed by atoms with Gasteiger partial charge in [-0.05, 0) is 37.3 Å². The van der Waals surface area contributed by atoms with Crippen LogP contribution < -0.4 is 0 Å².